The smallest absolute Gasteiger partial charge is 0.165 e. The number of methoxy groups -OCH3 is 1. The lowest BCUT2D eigenvalue weighted by Crippen LogP contribution is -1.99. The number of halogens is 1. The molecule has 100 valence electrons. The van der Waals surface area contributed by atoms with Gasteiger partial charge < -0.3 is 9.72 Å². The quantitative estimate of drug-likeness (QED) is 0.860. The zero-order valence-electron chi connectivity index (χ0n) is 11.0. The van der Waals surface area contributed by atoms with Crippen LogP contribution in [0.2, 0.25) is 0 Å². The normalized spacial score (nSPS) is 10.8. The molecule has 1 heterocycles. The Morgan fingerprint density at radius 2 is 2.11 bits per heavy atom. The highest BCUT2D eigenvalue weighted by Crippen LogP contribution is 2.30. The average Bonchev–Trinajstić information content (AvgIpc) is 2.37. The van der Waals surface area contributed by atoms with Crippen LogP contribution in [0.4, 0.5) is 4.39 Å². The Bertz CT molecular complexity index is 652. The summed E-state index contributed by atoms with van der Waals surface area (Å²) >= 11 is 5.25. The second kappa shape index (κ2) is 5.48. The molecule has 0 radical (unpaired) electrons. The van der Waals surface area contributed by atoms with Gasteiger partial charge in [-0.3, -0.25) is 0 Å². The maximum Gasteiger partial charge on any atom is 0.165 e. The van der Waals surface area contributed by atoms with E-state index in [1.165, 1.54) is 19.5 Å². The average molecular weight is 278 g/mol. The molecule has 3 nitrogen and oxygen atoms in total. The minimum atomic E-state index is -0.397. The number of aromatic nitrogens is 2. The molecule has 0 amide bonds. The van der Waals surface area contributed by atoms with E-state index >= 15 is 0 Å². The Hall–Kier alpha value is -1.75. The van der Waals surface area contributed by atoms with Crippen molar-refractivity contribution in [1.82, 2.24) is 9.97 Å². The van der Waals surface area contributed by atoms with Crippen molar-refractivity contribution in [3.8, 4) is 17.0 Å². The SMILES string of the molecule is COc1ccc(-c2[nH]cnc(=S)c2C(C)C)cc1F. The molecule has 0 saturated heterocycles. The van der Waals surface area contributed by atoms with Crippen LogP contribution in [0.3, 0.4) is 0 Å². The van der Waals surface area contributed by atoms with Crippen LogP contribution in [-0.4, -0.2) is 17.1 Å². The van der Waals surface area contributed by atoms with Crippen molar-refractivity contribution >= 4 is 12.2 Å². The molecule has 0 spiro atoms. The van der Waals surface area contributed by atoms with E-state index in [-0.39, 0.29) is 11.7 Å². The van der Waals surface area contributed by atoms with Gasteiger partial charge >= 0.3 is 0 Å². The van der Waals surface area contributed by atoms with Crippen molar-refractivity contribution in [3.63, 3.8) is 0 Å². The molecule has 0 atom stereocenters. The van der Waals surface area contributed by atoms with E-state index in [4.69, 9.17) is 17.0 Å². The van der Waals surface area contributed by atoms with Crippen LogP contribution in [0.25, 0.3) is 11.3 Å². The first kappa shape index (κ1) is 13.7. The number of benzene rings is 1. The minimum absolute atomic E-state index is 0.206. The monoisotopic (exact) mass is 278 g/mol. The largest absolute Gasteiger partial charge is 0.494 e. The van der Waals surface area contributed by atoms with Crippen molar-refractivity contribution in [1.29, 1.82) is 0 Å². The van der Waals surface area contributed by atoms with Crippen LogP contribution in [0.1, 0.15) is 25.3 Å². The number of nitrogens with zero attached hydrogens (tertiary/aromatic N) is 1. The zero-order valence-corrected chi connectivity index (χ0v) is 11.8. The number of hydrogen-bond acceptors (Lipinski definition) is 3. The molecule has 1 aromatic carbocycles. The molecular formula is C14H15FN2OS. The van der Waals surface area contributed by atoms with Crippen LogP contribution >= 0.6 is 12.2 Å². The summed E-state index contributed by atoms with van der Waals surface area (Å²) in [6, 6.07) is 4.84. The van der Waals surface area contributed by atoms with E-state index in [1.54, 1.807) is 12.1 Å². The molecule has 0 aliphatic rings. The predicted octanol–water partition coefficient (Wildman–Crippen LogP) is 4.08. The highest BCUT2D eigenvalue weighted by Gasteiger charge is 2.13. The Morgan fingerprint density at radius 3 is 2.68 bits per heavy atom. The fourth-order valence-electron chi connectivity index (χ4n) is 2.01. The van der Waals surface area contributed by atoms with E-state index in [1.807, 2.05) is 13.8 Å². The Kier molecular flexibility index (Phi) is 3.95. The number of hydrogen-bond donors (Lipinski definition) is 1. The molecule has 5 heteroatoms. The van der Waals surface area contributed by atoms with E-state index in [0.29, 0.717) is 4.64 Å². The van der Waals surface area contributed by atoms with E-state index in [2.05, 4.69) is 9.97 Å². The fourth-order valence-corrected chi connectivity index (χ4v) is 2.40. The lowest BCUT2D eigenvalue weighted by Gasteiger charge is -2.13. The summed E-state index contributed by atoms with van der Waals surface area (Å²) in [5.74, 6) is 0.0333. The van der Waals surface area contributed by atoms with Gasteiger partial charge in [0.15, 0.2) is 11.6 Å². The number of H-pyrrole nitrogens is 1. The molecule has 0 saturated carbocycles. The third kappa shape index (κ3) is 2.66. The molecule has 2 aromatic rings. The summed E-state index contributed by atoms with van der Waals surface area (Å²) in [6.07, 6.45) is 1.53. The summed E-state index contributed by atoms with van der Waals surface area (Å²) in [5, 5.41) is 0. The van der Waals surface area contributed by atoms with Crippen molar-refractivity contribution in [2.45, 2.75) is 19.8 Å². The van der Waals surface area contributed by atoms with Crippen LogP contribution in [0.15, 0.2) is 24.5 Å². The summed E-state index contributed by atoms with van der Waals surface area (Å²) < 4.78 is 19.2. The highest BCUT2D eigenvalue weighted by molar-refractivity contribution is 7.71. The molecule has 0 aliphatic heterocycles. The topological polar surface area (TPSA) is 37.9 Å². The van der Waals surface area contributed by atoms with Gasteiger partial charge in [0.25, 0.3) is 0 Å². The van der Waals surface area contributed by atoms with Crippen molar-refractivity contribution in [3.05, 3.63) is 40.5 Å². The van der Waals surface area contributed by atoms with Crippen molar-refractivity contribution < 1.29 is 9.13 Å². The summed E-state index contributed by atoms with van der Waals surface area (Å²) in [7, 11) is 1.44. The number of rotatable bonds is 3. The number of aromatic amines is 1. The minimum Gasteiger partial charge on any atom is -0.494 e. The second-order valence-corrected chi connectivity index (χ2v) is 4.89. The van der Waals surface area contributed by atoms with Crippen LogP contribution in [-0.2, 0) is 0 Å². The zero-order chi connectivity index (χ0) is 14.0. The van der Waals surface area contributed by atoms with Gasteiger partial charge in [-0.25, -0.2) is 9.37 Å². The molecule has 0 unspecified atom stereocenters. The molecule has 0 fully saturated rings. The van der Waals surface area contributed by atoms with Crippen LogP contribution in [0.5, 0.6) is 5.75 Å². The maximum absolute atomic E-state index is 13.8. The third-order valence-electron chi connectivity index (χ3n) is 2.91. The van der Waals surface area contributed by atoms with E-state index in [9.17, 15) is 4.39 Å². The van der Waals surface area contributed by atoms with Crippen molar-refractivity contribution in [2.75, 3.05) is 7.11 Å². The highest BCUT2D eigenvalue weighted by atomic mass is 32.1. The first-order valence-corrected chi connectivity index (χ1v) is 6.37. The fraction of sp³-hybridized carbons (Fsp3) is 0.286. The Morgan fingerprint density at radius 1 is 1.37 bits per heavy atom. The van der Waals surface area contributed by atoms with Crippen LogP contribution in [0, 0.1) is 10.5 Å². The lowest BCUT2D eigenvalue weighted by molar-refractivity contribution is 0.386. The first-order chi connectivity index (χ1) is 9.04. The molecule has 19 heavy (non-hydrogen) atoms. The van der Waals surface area contributed by atoms with Gasteiger partial charge in [0.05, 0.1) is 19.1 Å². The summed E-state index contributed by atoms with van der Waals surface area (Å²) in [4.78, 5) is 7.14. The maximum atomic E-state index is 13.8. The molecular weight excluding hydrogens is 263 g/mol. The van der Waals surface area contributed by atoms with E-state index in [0.717, 1.165) is 16.8 Å². The molecule has 1 aromatic heterocycles. The van der Waals surface area contributed by atoms with Gasteiger partial charge in [0, 0.05) is 11.1 Å². The van der Waals surface area contributed by atoms with Crippen LogP contribution < -0.4 is 4.74 Å². The molecule has 0 bridgehead atoms. The molecule has 2 rings (SSSR count). The third-order valence-corrected chi connectivity index (χ3v) is 3.23. The molecule has 1 N–H and O–H groups in total. The number of ether oxygens (including phenoxy) is 1. The molecule has 0 aliphatic carbocycles. The van der Waals surface area contributed by atoms with Crippen molar-refractivity contribution in [2.24, 2.45) is 0 Å². The van der Waals surface area contributed by atoms with Gasteiger partial charge in [-0.1, -0.05) is 26.1 Å². The standard InChI is InChI=1S/C14H15FN2OS/c1-8(2)12-13(16-7-17-14(12)19)9-4-5-11(18-3)10(15)6-9/h4-8H,1-3H3,(H,16,17,19). The summed E-state index contributed by atoms with van der Waals surface area (Å²) in [6.45, 7) is 4.06. The lowest BCUT2D eigenvalue weighted by atomic mass is 9.98. The first-order valence-electron chi connectivity index (χ1n) is 5.96. The van der Waals surface area contributed by atoms with Gasteiger partial charge in [-0.05, 0) is 24.1 Å². The Balaban J connectivity index is 2.62. The summed E-state index contributed by atoms with van der Waals surface area (Å²) in [5.41, 5.74) is 2.45. The van der Waals surface area contributed by atoms with Gasteiger partial charge in [0.1, 0.15) is 4.64 Å². The van der Waals surface area contributed by atoms with Gasteiger partial charge in [-0.2, -0.15) is 0 Å². The van der Waals surface area contributed by atoms with Gasteiger partial charge in [0.2, 0.25) is 0 Å². The Labute approximate surface area is 116 Å². The van der Waals surface area contributed by atoms with Gasteiger partial charge in [-0.15, -0.1) is 0 Å². The number of nitrogens with one attached hydrogen (secondary N) is 1. The van der Waals surface area contributed by atoms with E-state index < -0.39 is 5.82 Å². The second-order valence-electron chi connectivity index (χ2n) is 4.50. The predicted molar refractivity (Wildman–Crippen MR) is 75.5 cm³/mol.